The fourth-order valence-electron chi connectivity index (χ4n) is 12.8. The van der Waals surface area contributed by atoms with Crippen LogP contribution in [-0.2, 0) is 0 Å². The molecule has 0 heterocycles. The zero-order valence-corrected chi connectivity index (χ0v) is 29.5. The molecule has 0 aromatic rings. The normalized spacial score (nSPS) is 47.4. The molecule has 4 saturated carbocycles. The quantitative estimate of drug-likeness (QED) is 0.293. The van der Waals surface area contributed by atoms with Crippen LogP contribution in [0.1, 0.15) is 154 Å². The average molecular weight is 555 g/mol. The first-order chi connectivity index (χ1) is 18.8. The first-order valence-electron chi connectivity index (χ1n) is 18.8. The highest BCUT2D eigenvalue weighted by Crippen LogP contribution is 2.69. The van der Waals surface area contributed by atoms with Gasteiger partial charge in [0.1, 0.15) is 0 Å². The molecular weight excluding hydrogens is 480 g/mol. The molecule has 234 valence electrons. The Morgan fingerprint density at radius 2 is 0.750 bits per heavy atom. The Morgan fingerprint density at radius 3 is 1.12 bits per heavy atom. The maximum atomic E-state index is 2.75. The molecule has 11 atom stereocenters. The van der Waals surface area contributed by atoms with Crippen molar-refractivity contribution < 1.29 is 0 Å². The fraction of sp³-hybridized carbons (Fsp3) is 1.00. The molecule has 0 amide bonds. The molecule has 0 nitrogen and oxygen atoms in total. The Morgan fingerprint density at radius 1 is 0.400 bits per heavy atom. The Labute approximate surface area is 253 Å². The highest BCUT2D eigenvalue weighted by atomic mass is 14.7. The number of hydrogen-bond donors (Lipinski definition) is 0. The van der Waals surface area contributed by atoms with Gasteiger partial charge in [0.05, 0.1) is 0 Å². The largest absolute Gasteiger partial charge is 0.0625 e. The van der Waals surface area contributed by atoms with E-state index in [1.807, 2.05) is 0 Å². The van der Waals surface area contributed by atoms with Crippen molar-refractivity contribution in [2.75, 3.05) is 0 Å². The van der Waals surface area contributed by atoms with Crippen molar-refractivity contribution in [3.63, 3.8) is 0 Å². The zero-order chi connectivity index (χ0) is 29.5. The molecule has 0 radical (unpaired) electrons. The van der Waals surface area contributed by atoms with Gasteiger partial charge in [-0.15, -0.1) is 0 Å². The van der Waals surface area contributed by atoms with Gasteiger partial charge >= 0.3 is 0 Å². The first-order valence-corrected chi connectivity index (χ1v) is 18.8. The van der Waals surface area contributed by atoms with E-state index in [1.54, 1.807) is 0 Å². The van der Waals surface area contributed by atoms with Crippen molar-refractivity contribution in [2.45, 2.75) is 154 Å². The lowest BCUT2D eigenvalue weighted by Gasteiger charge is -2.67. The summed E-state index contributed by atoms with van der Waals surface area (Å²) in [5.74, 6) is 14.4. The second kappa shape index (κ2) is 13.3. The third-order valence-corrected chi connectivity index (χ3v) is 14.4. The van der Waals surface area contributed by atoms with E-state index in [2.05, 4.69) is 83.1 Å². The summed E-state index contributed by atoms with van der Waals surface area (Å²) in [5.41, 5.74) is 0.514. The van der Waals surface area contributed by atoms with Gasteiger partial charge < -0.3 is 0 Å². The molecule has 0 N–H and O–H groups in total. The molecule has 4 aliphatic rings. The minimum Gasteiger partial charge on any atom is -0.0625 e. The second-order valence-electron chi connectivity index (χ2n) is 18.4. The van der Waals surface area contributed by atoms with E-state index in [9.17, 15) is 0 Å². The predicted octanol–water partition coefficient (Wildman–Crippen LogP) is 12.4. The van der Waals surface area contributed by atoms with Gasteiger partial charge in [0.2, 0.25) is 0 Å². The van der Waals surface area contributed by atoms with Gasteiger partial charge in [-0.25, -0.2) is 0 Å². The molecule has 0 aromatic carbocycles. The molecule has 40 heavy (non-hydrogen) atoms. The Kier molecular flexibility index (Phi) is 11.0. The van der Waals surface area contributed by atoms with Crippen LogP contribution in [0.2, 0.25) is 0 Å². The Bertz CT molecular complexity index is 731. The van der Waals surface area contributed by atoms with E-state index in [0.29, 0.717) is 5.41 Å². The van der Waals surface area contributed by atoms with Crippen LogP contribution in [0, 0.1) is 100 Å². The average Bonchev–Trinajstić information content (AvgIpc) is 2.87. The van der Waals surface area contributed by atoms with Crippen LogP contribution in [0.25, 0.3) is 0 Å². The Balaban J connectivity index is 1.95. The SMILES string of the molecule is CC1CCC(C(C)C)C(C2CC(C)CC(C3CC(C)CCC3C(C)C)C2(C(C)C)C2CC(C)CCC2C(C)C)C1. The highest BCUT2D eigenvalue weighted by Gasteiger charge is 2.62. The molecule has 0 aromatic heterocycles. The van der Waals surface area contributed by atoms with Crippen molar-refractivity contribution in [1.29, 1.82) is 0 Å². The van der Waals surface area contributed by atoms with Crippen LogP contribution < -0.4 is 0 Å². The molecule has 0 bridgehead atoms. The lowest BCUT2D eigenvalue weighted by atomic mass is 9.38. The van der Waals surface area contributed by atoms with Gasteiger partial charge in [0.15, 0.2) is 0 Å². The summed E-state index contributed by atoms with van der Waals surface area (Å²) in [6, 6.07) is 0. The zero-order valence-electron chi connectivity index (χ0n) is 29.5. The van der Waals surface area contributed by atoms with Crippen molar-refractivity contribution in [3.8, 4) is 0 Å². The van der Waals surface area contributed by atoms with Gasteiger partial charge in [-0.1, -0.05) is 102 Å². The van der Waals surface area contributed by atoms with E-state index >= 15 is 0 Å². The molecule has 11 unspecified atom stereocenters. The smallest absolute Gasteiger partial charge is 0.0181 e. The highest BCUT2D eigenvalue weighted by molar-refractivity contribution is 5.10. The molecule has 4 fully saturated rings. The van der Waals surface area contributed by atoms with Gasteiger partial charge in [-0.2, -0.15) is 0 Å². The van der Waals surface area contributed by atoms with E-state index < -0.39 is 0 Å². The van der Waals surface area contributed by atoms with Crippen molar-refractivity contribution in [1.82, 2.24) is 0 Å². The summed E-state index contributed by atoms with van der Waals surface area (Å²) in [7, 11) is 0. The second-order valence-corrected chi connectivity index (χ2v) is 18.4. The monoisotopic (exact) mass is 555 g/mol. The van der Waals surface area contributed by atoms with E-state index in [4.69, 9.17) is 0 Å². The van der Waals surface area contributed by atoms with Crippen molar-refractivity contribution >= 4 is 0 Å². The maximum Gasteiger partial charge on any atom is -0.0181 e. The molecule has 4 rings (SSSR count). The summed E-state index contributed by atoms with van der Waals surface area (Å²) in [4.78, 5) is 0. The summed E-state index contributed by atoms with van der Waals surface area (Å²) >= 11 is 0. The summed E-state index contributed by atoms with van der Waals surface area (Å²) in [5, 5.41) is 0. The standard InChI is InChI=1S/C40H74/c1-24(2)32-16-13-28(9)19-35(32)38-22-31(12)23-39(36-20-29(10)14-17-33(36)25(3)4)40(38,27(7)8)37-21-30(11)15-18-34(37)26(5)6/h24-39H,13-23H2,1-12H3. The van der Waals surface area contributed by atoms with Crippen LogP contribution in [0.5, 0.6) is 0 Å². The van der Waals surface area contributed by atoms with Crippen molar-refractivity contribution in [3.05, 3.63) is 0 Å². The molecule has 0 spiro atoms. The van der Waals surface area contributed by atoms with Gasteiger partial charge in [-0.05, 0) is 151 Å². The fourth-order valence-corrected chi connectivity index (χ4v) is 12.8. The number of hydrogen-bond acceptors (Lipinski definition) is 0. The molecule has 0 heteroatoms. The van der Waals surface area contributed by atoms with Crippen LogP contribution >= 0.6 is 0 Å². The maximum absolute atomic E-state index is 2.75. The van der Waals surface area contributed by atoms with Crippen LogP contribution in [0.4, 0.5) is 0 Å². The van der Waals surface area contributed by atoms with Gasteiger partial charge in [-0.3, -0.25) is 0 Å². The Hall–Kier alpha value is 0. The lowest BCUT2D eigenvalue weighted by molar-refractivity contribution is -0.189. The minimum absolute atomic E-state index is 0.514. The van der Waals surface area contributed by atoms with Crippen LogP contribution in [0.15, 0.2) is 0 Å². The first kappa shape index (κ1) is 32.9. The third kappa shape index (κ3) is 6.28. The van der Waals surface area contributed by atoms with E-state index in [1.165, 1.54) is 70.6 Å². The topological polar surface area (TPSA) is 0 Å². The van der Waals surface area contributed by atoms with Crippen LogP contribution in [-0.4, -0.2) is 0 Å². The molecule has 4 aliphatic carbocycles. The molecule has 0 saturated heterocycles. The lowest BCUT2D eigenvalue weighted by Crippen LogP contribution is -2.61. The van der Waals surface area contributed by atoms with Gasteiger partial charge in [0, 0.05) is 0 Å². The molecule has 0 aliphatic heterocycles. The number of rotatable bonds is 7. The third-order valence-electron chi connectivity index (χ3n) is 14.4. The summed E-state index contributed by atoms with van der Waals surface area (Å²) < 4.78 is 0. The minimum atomic E-state index is 0.514. The van der Waals surface area contributed by atoms with E-state index in [-0.39, 0.29) is 0 Å². The molecular formula is C40H74. The summed E-state index contributed by atoms with van der Waals surface area (Å²) in [6.45, 7) is 31.6. The summed E-state index contributed by atoms with van der Waals surface area (Å²) in [6.07, 6.45) is 16.5. The van der Waals surface area contributed by atoms with Crippen LogP contribution in [0.3, 0.4) is 0 Å². The van der Waals surface area contributed by atoms with Crippen molar-refractivity contribution in [2.24, 2.45) is 100 Å². The van der Waals surface area contributed by atoms with Gasteiger partial charge in [0.25, 0.3) is 0 Å². The van der Waals surface area contributed by atoms with E-state index in [0.717, 1.165) is 94.7 Å². The predicted molar refractivity (Wildman–Crippen MR) is 177 cm³/mol.